The van der Waals surface area contributed by atoms with Crippen LogP contribution in [0.4, 0.5) is 4.39 Å². The molecule has 0 bridgehead atoms. The highest BCUT2D eigenvalue weighted by molar-refractivity contribution is 6.04. The van der Waals surface area contributed by atoms with Gasteiger partial charge in [0.15, 0.2) is 7.98 Å². The van der Waals surface area contributed by atoms with Gasteiger partial charge < -0.3 is 9.71 Å². The number of piperazine rings is 1. The van der Waals surface area contributed by atoms with Gasteiger partial charge in [0, 0.05) is 37.8 Å². The van der Waals surface area contributed by atoms with Gasteiger partial charge in [0.05, 0.1) is 0 Å². The van der Waals surface area contributed by atoms with Crippen molar-refractivity contribution in [3.63, 3.8) is 0 Å². The van der Waals surface area contributed by atoms with Crippen molar-refractivity contribution in [2.75, 3.05) is 26.2 Å². The molecule has 1 saturated heterocycles. The third-order valence-corrected chi connectivity index (χ3v) is 3.42. The van der Waals surface area contributed by atoms with E-state index < -0.39 is 0 Å². The van der Waals surface area contributed by atoms with Crippen LogP contribution < -0.4 is 0 Å². The summed E-state index contributed by atoms with van der Waals surface area (Å²) in [6, 6.07) is 0.354. The molecule has 1 fully saturated rings. The van der Waals surface area contributed by atoms with Crippen LogP contribution in [0.2, 0.25) is 0 Å². The molecule has 1 aliphatic rings. The van der Waals surface area contributed by atoms with Gasteiger partial charge in [-0.05, 0) is 45.7 Å². The molecule has 104 valence electrons. The fraction of sp³-hybridized carbons (Fsp3) is 0.643. The molecule has 19 heavy (non-hydrogen) atoms. The molecule has 0 aromatic heterocycles. The largest absolute Gasteiger partial charge is 0.349 e. The molecule has 0 unspecified atom stereocenters. The maximum Gasteiger partial charge on any atom is 0.182 e. The Balaban J connectivity index is 2.51. The van der Waals surface area contributed by atoms with Crippen LogP contribution in [-0.2, 0) is 0 Å². The summed E-state index contributed by atoms with van der Waals surface area (Å²) in [5.41, 5.74) is 1.35. The topological polar surface area (TPSA) is 18.8 Å². The molecular formula is C14H23BFN3. The number of hydrogen-bond acceptors (Lipinski definition) is 3. The van der Waals surface area contributed by atoms with E-state index in [0.717, 1.165) is 26.2 Å². The molecule has 0 spiro atoms. The van der Waals surface area contributed by atoms with Gasteiger partial charge in [0.25, 0.3) is 0 Å². The zero-order valence-corrected chi connectivity index (χ0v) is 12.2. The van der Waals surface area contributed by atoms with Gasteiger partial charge in [-0.15, -0.1) is 0 Å². The SMILES string of the molecule is [B]N1CCN(CC/C(=C/C(F)=C(C)C)N=C)C[C@H]1C. The quantitative estimate of drug-likeness (QED) is 0.430. The molecule has 0 aliphatic carbocycles. The molecule has 0 aromatic rings. The highest BCUT2D eigenvalue weighted by Gasteiger charge is 2.19. The first kappa shape index (κ1) is 16.1. The van der Waals surface area contributed by atoms with Crippen molar-refractivity contribution >= 4 is 14.7 Å². The summed E-state index contributed by atoms with van der Waals surface area (Å²) >= 11 is 0. The molecule has 1 heterocycles. The molecule has 0 aromatic carbocycles. The zero-order valence-electron chi connectivity index (χ0n) is 12.2. The minimum Gasteiger partial charge on any atom is -0.349 e. The minimum absolute atomic E-state index is 0.220. The monoisotopic (exact) mass is 263 g/mol. The van der Waals surface area contributed by atoms with Gasteiger partial charge in [-0.2, -0.15) is 0 Å². The Kier molecular flexibility index (Phi) is 6.45. The first-order valence-electron chi connectivity index (χ1n) is 6.68. The Labute approximate surface area is 117 Å². The molecule has 1 rings (SSSR count). The lowest BCUT2D eigenvalue weighted by atomic mass is 10.1. The Morgan fingerprint density at radius 3 is 2.68 bits per heavy atom. The van der Waals surface area contributed by atoms with E-state index in [4.69, 9.17) is 7.98 Å². The van der Waals surface area contributed by atoms with Crippen LogP contribution in [-0.4, -0.2) is 56.6 Å². The number of aliphatic imine (C=N–C) groups is 1. The van der Waals surface area contributed by atoms with E-state index in [1.165, 1.54) is 6.08 Å². The second-order valence-electron chi connectivity index (χ2n) is 5.28. The van der Waals surface area contributed by atoms with Crippen molar-refractivity contribution < 1.29 is 4.39 Å². The normalized spacial score (nSPS) is 22.3. The van der Waals surface area contributed by atoms with E-state index in [9.17, 15) is 4.39 Å². The van der Waals surface area contributed by atoms with Crippen LogP contribution in [0.25, 0.3) is 0 Å². The van der Waals surface area contributed by atoms with Gasteiger partial charge in [0.1, 0.15) is 5.83 Å². The smallest absolute Gasteiger partial charge is 0.182 e. The van der Waals surface area contributed by atoms with E-state index in [2.05, 4.69) is 23.5 Å². The molecule has 1 atom stereocenters. The summed E-state index contributed by atoms with van der Waals surface area (Å²) in [5.74, 6) is -0.220. The van der Waals surface area contributed by atoms with Crippen molar-refractivity contribution in [3.8, 4) is 0 Å². The van der Waals surface area contributed by atoms with Crippen LogP contribution in [0.15, 0.2) is 28.2 Å². The van der Waals surface area contributed by atoms with Gasteiger partial charge in [0.2, 0.25) is 0 Å². The lowest BCUT2D eigenvalue weighted by Crippen LogP contribution is -2.50. The molecule has 5 heteroatoms. The molecule has 2 radical (unpaired) electrons. The third-order valence-electron chi connectivity index (χ3n) is 3.42. The fourth-order valence-electron chi connectivity index (χ4n) is 2.01. The number of nitrogens with zero attached hydrogens (tertiary/aromatic N) is 3. The summed E-state index contributed by atoms with van der Waals surface area (Å²) in [6.07, 6.45) is 2.19. The molecule has 1 aliphatic heterocycles. The van der Waals surface area contributed by atoms with Crippen molar-refractivity contribution in [3.05, 3.63) is 23.2 Å². The minimum atomic E-state index is -0.220. The number of allylic oxidation sites excluding steroid dienone is 3. The third kappa shape index (κ3) is 5.29. The summed E-state index contributed by atoms with van der Waals surface area (Å²) in [7, 11) is 5.83. The Morgan fingerprint density at radius 2 is 2.16 bits per heavy atom. The van der Waals surface area contributed by atoms with Crippen molar-refractivity contribution in [1.29, 1.82) is 0 Å². The van der Waals surface area contributed by atoms with Crippen LogP contribution >= 0.6 is 0 Å². The van der Waals surface area contributed by atoms with Gasteiger partial charge in [-0.1, -0.05) is 0 Å². The van der Waals surface area contributed by atoms with Crippen LogP contribution in [0, 0.1) is 0 Å². The average molecular weight is 263 g/mol. The fourth-order valence-corrected chi connectivity index (χ4v) is 2.01. The second-order valence-corrected chi connectivity index (χ2v) is 5.28. The molecule has 0 N–H and O–H groups in total. The first-order chi connectivity index (χ1) is 8.93. The van der Waals surface area contributed by atoms with E-state index >= 15 is 0 Å². The lowest BCUT2D eigenvalue weighted by molar-refractivity contribution is 0.148. The highest BCUT2D eigenvalue weighted by atomic mass is 19.1. The van der Waals surface area contributed by atoms with Gasteiger partial charge >= 0.3 is 0 Å². The maximum atomic E-state index is 13.5. The molecule has 0 amide bonds. The van der Waals surface area contributed by atoms with Gasteiger partial charge in [-0.25, -0.2) is 4.39 Å². The van der Waals surface area contributed by atoms with E-state index in [0.29, 0.717) is 23.7 Å². The first-order valence-corrected chi connectivity index (χ1v) is 6.68. The lowest BCUT2D eigenvalue weighted by Gasteiger charge is -2.38. The van der Waals surface area contributed by atoms with E-state index in [1.807, 2.05) is 4.81 Å². The second kappa shape index (κ2) is 7.60. The summed E-state index contributed by atoms with van der Waals surface area (Å²) in [6.45, 7) is 12.7. The Bertz CT molecular complexity index is 375. The maximum absolute atomic E-state index is 13.5. The van der Waals surface area contributed by atoms with E-state index in [-0.39, 0.29) is 5.83 Å². The van der Waals surface area contributed by atoms with Crippen LogP contribution in [0.5, 0.6) is 0 Å². The Hall–Kier alpha value is -0.935. The Morgan fingerprint density at radius 1 is 1.47 bits per heavy atom. The summed E-state index contributed by atoms with van der Waals surface area (Å²) in [5, 5.41) is 0. The highest BCUT2D eigenvalue weighted by Crippen LogP contribution is 2.14. The predicted octanol–water partition coefficient (Wildman–Crippen LogP) is 2.31. The van der Waals surface area contributed by atoms with Crippen LogP contribution in [0.3, 0.4) is 0 Å². The number of halogens is 1. The summed E-state index contributed by atoms with van der Waals surface area (Å²) < 4.78 is 13.5. The predicted molar refractivity (Wildman–Crippen MR) is 80.1 cm³/mol. The van der Waals surface area contributed by atoms with Crippen LogP contribution in [0.1, 0.15) is 27.2 Å². The van der Waals surface area contributed by atoms with Gasteiger partial charge in [-0.3, -0.25) is 4.99 Å². The number of hydrogen-bond donors (Lipinski definition) is 0. The summed E-state index contributed by atoms with van der Waals surface area (Å²) in [4.78, 5) is 8.09. The van der Waals surface area contributed by atoms with E-state index in [1.54, 1.807) is 13.8 Å². The van der Waals surface area contributed by atoms with Crippen molar-refractivity contribution in [1.82, 2.24) is 9.71 Å². The molecule has 3 nitrogen and oxygen atoms in total. The average Bonchev–Trinajstić information content (AvgIpc) is 2.37. The zero-order chi connectivity index (χ0) is 14.4. The van der Waals surface area contributed by atoms with Crippen molar-refractivity contribution in [2.45, 2.75) is 33.2 Å². The molecular weight excluding hydrogens is 240 g/mol. The number of rotatable bonds is 5. The van der Waals surface area contributed by atoms with Crippen molar-refractivity contribution in [2.24, 2.45) is 4.99 Å². The molecule has 0 saturated carbocycles. The standard InChI is InChI=1S/C14H23BFN3/c1-11(2)14(16)9-13(17-4)5-6-18-7-8-19(15)12(3)10-18/h9,12H,4-8,10H2,1-3H3/b13-9-/t12-/m1/s1.